The largest absolute Gasteiger partial charge is 0.381 e. The molecule has 2 atom stereocenters. The van der Waals surface area contributed by atoms with Crippen LogP contribution in [0.3, 0.4) is 0 Å². The Balaban J connectivity index is 1.40. The van der Waals surface area contributed by atoms with Crippen molar-refractivity contribution < 1.29 is 9.90 Å². The first kappa shape index (κ1) is 24.1. The number of aliphatic hydroxyl groups is 1. The molecule has 0 radical (unpaired) electrons. The average molecular weight is 519 g/mol. The summed E-state index contributed by atoms with van der Waals surface area (Å²) in [6.45, 7) is 1.87. The number of hydrogen-bond donors (Lipinski definition) is 4. The van der Waals surface area contributed by atoms with Gasteiger partial charge >= 0.3 is 0 Å². The van der Waals surface area contributed by atoms with Crippen LogP contribution in [0.5, 0.6) is 0 Å². The molecule has 39 heavy (non-hydrogen) atoms. The number of nitrogens with zero attached hydrogens (tertiary/aromatic N) is 5. The molecule has 2 unspecified atom stereocenters. The number of nitrogens with two attached hydrogens (primary N) is 1. The lowest BCUT2D eigenvalue weighted by Gasteiger charge is -2.39. The number of hydrogen-bond acceptors (Lipinski definition) is 7. The second-order valence-corrected chi connectivity index (χ2v) is 9.19. The van der Waals surface area contributed by atoms with E-state index in [-0.39, 0.29) is 11.4 Å². The predicted molar refractivity (Wildman–Crippen MR) is 150 cm³/mol. The fraction of sp³-hybridized carbons (Fsp3) is 0.103. The summed E-state index contributed by atoms with van der Waals surface area (Å²) >= 11 is 0. The third kappa shape index (κ3) is 4.42. The van der Waals surface area contributed by atoms with Gasteiger partial charge in [-0.2, -0.15) is 5.10 Å². The summed E-state index contributed by atoms with van der Waals surface area (Å²) in [6, 6.07) is 18.5. The minimum Gasteiger partial charge on any atom is -0.381 e. The number of para-hydroxylation sites is 1. The zero-order valence-electron chi connectivity index (χ0n) is 21.1. The Morgan fingerprint density at radius 1 is 1.10 bits per heavy atom. The summed E-state index contributed by atoms with van der Waals surface area (Å²) in [7, 11) is 0. The number of carbonyl (C=O) groups is 1. The summed E-state index contributed by atoms with van der Waals surface area (Å²) in [4.78, 5) is 19.5. The van der Waals surface area contributed by atoms with Crippen molar-refractivity contribution in [2.24, 2.45) is 0 Å². The van der Waals surface area contributed by atoms with Gasteiger partial charge in [-0.05, 0) is 54.5 Å². The molecule has 194 valence electrons. The van der Waals surface area contributed by atoms with Gasteiger partial charge in [-0.3, -0.25) is 9.89 Å². The lowest BCUT2D eigenvalue weighted by atomic mass is 9.92. The SMILES string of the molecule is CC(NC(=O)c1c(N)nn2cccnc12)C1=Cc2cccc(/C=C/c3ccn[nH]3)c2C(O)N1c1ccccc1. The summed E-state index contributed by atoms with van der Waals surface area (Å²) in [5.74, 6) is -0.311. The number of anilines is 2. The quantitative estimate of drug-likeness (QED) is 0.268. The number of aromatic amines is 1. The maximum absolute atomic E-state index is 13.4. The van der Waals surface area contributed by atoms with Gasteiger partial charge in [0, 0.05) is 35.5 Å². The van der Waals surface area contributed by atoms with Gasteiger partial charge in [-0.1, -0.05) is 42.5 Å². The van der Waals surface area contributed by atoms with Gasteiger partial charge in [-0.25, -0.2) is 9.50 Å². The highest BCUT2D eigenvalue weighted by Gasteiger charge is 2.33. The molecule has 1 aliphatic heterocycles. The molecule has 4 heterocycles. The molecule has 5 N–H and O–H groups in total. The second kappa shape index (κ2) is 9.92. The summed E-state index contributed by atoms with van der Waals surface area (Å²) in [6.07, 6.45) is 9.81. The van der Waals surface area contributed by atoms with Crippen LogP contribution in [0.4, 0.5) is 11.5 Å². The van der Waals surface area contributed by atoms with Gasteiger partial charge in [0.05, 0.1) is 11.7 Å². The Bertz CT molecular complexity index is 1710. The first-order valence-corrected chi connectivity index (χ1v) is 12.5. The number of nitrogen functional groups attached to an aromatic ring is 1. The van der Waals surface area contributed by atoms with Crippen molar-refractivity contribution in [1.82, 2.24) is 30.1 Å². The monoisotopic (exact) mass is 518 g/mol. The van der Waals surface area contributed by atoms with Crippen molar-refractivity contribution >= 4 is 41.3 Å². The van der Waals surface area contributed by atoms with E-state index in [0.29, 0.717) is 11.3 Å². The predicted octanol–water partition coefficient (Wildman–Crippen LogP) is 3.88. The number of amides is 1. The highest BCUT2D eigenvalue weighted by molar-refractivity contribution is 6.04. The van der Waals surface area contributed by atoms with Crippen LogP contribution in [-0.2, 0) is 0 Å². The molecule has 10 heteroatoms. The highest BCUT2D eigenvalue weighted by Crippen LogP contribution is 2.40. The Morgan fingerprint density at radius 2 is 1.95 bits per heavy atom. The number of aromatic nitrogens is 5. The maximum Gasteiger partial charge on any atom is 0.259 e. The minimum absolute atomic E-state index is 0.0926. The van der Waals surface area contributed by atoms with E-state index in [1.54, 1.807) is 24.7 Å². The molecule has 0 bridgehead atoms. The second-order valence-electron chi connectivity index (χ2n) is 9.19. The smallest absolute Gasteiger partial charge is 0.259 e. The molecule has 0 spiro atoms. The van der Waals surface area contributed by atoms with E-state index >= 15 is 0 Å². The van der Waals surface area contributed by atoms with Crippen molar-refractivity contribution in [3.05, 3.63) is 113 Å². The Labute approximate surface area is 224 Å². The number of nitrogens with one attached hydrogen (secondary N) is 2. The zero-order chi connectivity index (χ0) is 26.9. The van der Waals surface area contributed by atoms with Crippen LogP contribution in [0.2, 0.25) is 0 Å². The highest BCUT2D eigenvalue weighted by atomic mass is 16.3. The Hall–Kier alpha value is -5.22. The van der Waals surface area contributed by atoms with Crippen molar-refractivity contribution in [2.45, 2.75) is 19.2 Å². The number of rotatable bonds is 6. The summed E-state index contributed by atoms with van der Waals surface area (Å²) < 4.78 is 1.48. The van der Waals surface area contributed by atoms with Crippen LogP contribution in [0.25, 0.3) is 23.9 Å². The fourth-order valence-corrected chi connectivity index (χ4v) is 4.89. The summed E-state index contributed by atoms with van der Waals surface area (Å²) in [5.41, 5.74) is 11.5. The number of aliphatic hydroxyl groups excluding tert-OH is 1. The lowest BCUT2D eigenvalue weighted by molar-refractivity contribution is 0.0944. The normalized spacial score (nSPS) is 15.8. The van der Waals surface area contributed by atoms with Gasteiger partial charge in [0.2, 0.25) is 0 Å². The van der Waals surface area contributed by atoms with Crippen molar-refractivity contribution in [1.29, 1.82) is 0 Å². The molecule has 0 saturated heterocycles. The van der Waals surface area contributed by atoms with E-state index in [1.165, 1.54) is 4.52 Å². The van der Waals surface area contributed by atoms with Crippen LogP contribution in [0.1, 0.15) is 45.9 Å². The van der Waals surface area contributed by atoms with E-state index < -0.39 is 18.2 Å². The first-order chi connectivity index (χ1) is 19.0. The van der Waals surface area contributed by atoms with Crippen LogP contribution >= 0.6 is 0 Å². The molecule has 1 amide bonds. The van der Waals surface area contributed by atoms with Crippen LogP contribution < -0.4 is 16.0 Å². The molecular formula is C29H26N8O2. The molecule has 1 aliphatic rings. The maximum atomic E-state index is 13.4. The van der Waals surface area contributed by atoms with Gasteiger partial charge in [0.1, 0.15) is 5.56 Å². The van der Waals surface area contributed by atoms with Gasteiger partial charge in [-0.15, -0.1) is 5.10 Å². The topological polar surface area (TPSA) is 137 Å². The van der Waals surface area contributed by atoms with Gasteiger partial charge in [0.25, 0.3) is 5.91 Å². The third-order valence-electron chi connectivity index (χ3n) is 6.70. The minimum atomic E-state index is -1.01. The van der Waals surface area contributed by atoms with Crippen molar-refractivity contribution in [3.63, 3.8) is 0 Å². The molecule has 0 aliphatic carbocycles. The molecule has 0 fully saturated rings. The lowest BCUT2D eigenvalue weighted by Crippen LogP contribution is -2.43. The number of fused-ring (bicyclic) bond motifs is 2. The van der Waals surface area contributed by atoms with Crippen LogP contribution in [-0.4, -0.2) is 41.9 Å². The van der Waals surface area contributed by atoms with E-state index in [9.17, 15) is 9.90 Å². The van der Waals surface area contributed by atoms with E-state index in [1.807, 2.05) is 84.6 Å². The molecule has 6 rings (SSSR count). The number of carbonyl (C=O) groups excluding carboxylic acids is 1. The van der Waals surface area contributed by atoms with E-state index in [0.717, 1.165) is 28.1 Å². The fourth-order valence-electron chi connectivity index (χ4n) is 4.89. The molecule has 10 nitrogen and oxygen atoms in total. The molecule has 3 aromatic heterocycles. The zero-order valence-corrected chi connectivity index (χ0v) is 21.1. The third-order valence-corrected chi connectivity index (χ3v) is 6.70. The standard InChI is InChI=1S/C29H26N8O2/c1-18(33-28(38)25-26(30)35-36-16-6-14-31-27(25)36)23-17-20-8-5-7-19(11-12-21-13-15-32-34-21)24(20)29(39)37(23)22-9-3-2-4-10-22/h2-18,29,39H,1H3,(H2,30,35)(H,32,34)(H,33,38)/b12-11+. The molecular weight excluding hydrogens is 492 g/mol. The number of benzene rings is 2. The van der Waals surface area contributed by atoms with Gasteiger partial charge in [0.15, 0.2) is 17.7 Å². The van der Waals surface area contributed by atoms with Crippen molar-refractivity contribution in [2.75, 3.05) is 10.6 Å². The first-order valence-electron chi connectivity index (χ1n) is 12.5. The summed E-state index contributed by atoms with van der Waals surface area (Å²) in [5, 5.41) is 25.9. The molecule has 2 aromatic carbocycles. The van der Waals surface area contributed by atoms with Gasteiger partial charge < -0.3 is 21.1 Å². The average Bonchev–Trinajstić information content (AvgIpc) is 3.59. The van der Waals surface area contributed by atoms with Crippen LogP contribution in [0.15, 0.2) is 85.0 Å². The van der Waals surface area contributed by atoms with E-state index in [2.05, 4.69) is 25.6 Å². The molecule has 0 saturated carbocycles. The van der Waals surface area contributed by atoms with Crippen molar-refractivity contribution in [3.8, 4) is 0 Å². The Kier molecular flexibility index (Phi) is 6.14. The number of H-pyrrole nitrogens is 1. The molecule has 5 aromatic rings. The van der Waals surface area contributed by atoms with E-state index in [4.69, 9.17) is 5.73 Å². The van der Waals surface area contributed by atoms with Crippen LogP contribution in [0, 0.1) is 0 Å². The Morgan fingerprint density at radius 3 is 2.74 bits per heavy atom.